The maximum absolute atomic E-state index is 14.0. The van der Waals surface area contributed by atoms with Gasteiger partial charge in [-0.2, -0.15) is 0 Å². The number of alkyl halides is 2. The molecule has 4 atom stereocenters. The largest absolute Gasteiger partial charge is 0.458 e. The Balaban J connectivity index is 2.29. The molecule has 1 saturated carbocycles. The van der Waals surface area contributed by atoms with Gasteiger partial charge in [0.15, 0.2) is 0 Å². The number of carbonyl (C=O) groups excluding carboxylic acids is 6. The van der Waals surface area contributed by atoms with Crippen molar-refractivity contribution in [2.45, 2.75) is 115 Å². The molecule has 1 aliphatic heterocycles. The number of amides is 5. The molecule has 1 heterocycles. The Morgan fingerprint density at radius 2 is 1.50 bits per heavy atom. The Kier molecular flexibility index (Phi) is 11.3. The Bertz CT molecular complexity index is 1080. The van der Waals surface area contributed by atoms with E-state index in [-0.39, 0.29) is 25.3 Å². The van der Waals surface area contributed by atoms with Gasteiger partial charge in [-0.25, -0.2) is 9.59 Å². The van der Waals surface area contributed by atoms with Crippen molar-refractivity contribution in [3.63, 3.8) is 0 Å². The molecule has 1 aliphatic carbocycles. The lowest BCUT2D eigenvalue weighted by Crippen LogP contribution is -2.63. The number of rotatable bonds is 11. The van der Waals surface area contributed by atoms with Gasteiger partial charge < -0.3 is 31.3 Å². The van der Waals surface area contributed by atoms with Gasteiger partial charge in [-0.3, -0.25) is 19.2 Å². The highest BCUT2D eigenvalue weighted by atomic mass is 35.5. The van der Waals surface area contributed by atoms with Crippen LogP contribution in [0.4, 0.5) is 4.79 Å². The molecular weight excluding hydrogens is 589 g/mol. The number of hydrogen-bond acceptors (Lipinski definition) is 7. The van der Waals surface area contributed by atoms with Crippen LogP contribution in [-0.4, -0.2) is 81.1 Å². The first-order valence-corrected chi connectivity index (χ1v) is 15.0. The van der Waals surface area contributed by atoms with Crippen molar-refractivity contribution < 1.29 is 33.5 Å². The highest BCUT2D eigenvalue weighted by Crippen LogP contribution is 2.36. The summed E-state index contributed by atoms with van der Waals surface area (Å²) in [5.74, 6) is -4.52. The summed E-state index contributed by atoms with van der Waals surface area (Å²) in [5, 5.41) is 7.83. The molecule has 2 rings (SSSR count). The lowest BCUT2D eigenvalue weighted by atomic mass is 9.85. The van der Waals surface area contributed by atoms with Crippen LogP contribution in [0, 0.1) is 17.3 Å². The van der Waals surface area contributed by atoms with Crippen LogP contribution in [-0.2, 0) is 28.7 Å². The molecule has 2 fully saturated rings. The van der Waals surface area contributed by atoms with Gasteiger partial charge >= 0.3 is 12.0 Å². The van der Waals surface area contributed by atoms with Gasteiger partial charge in [0.25, 0.3) is 5.91 Å². The topological polar surface area (TPSA) is 177 Å². The number of halogens is 2. The van der Waals surface area contributed by atoms with Crippen LogP contribution in [0.1, 0.15) is 81.1 Å². The highest BCUT2D eigenvalue weighted by molar-refractivity contribution is 6.44. The van der Waals surface area contributed by atoms with E-state index in [1.807, 2.05) is 0 Å². The zero-order valence-corrected chi connectivity index (χ0v) is 27.1. The number of ketones is 1. The molecule has 0 spiro atoms. The van der Waals surface area contributed by atoms with Gasteiger partial charge in [-0.1, -0.05) is 33.6 Å². The number of esters is 1. The third-order valence-corrected chi connectivity index (χ3v) is 7.83. The number of primary amides is 1. The summed E-state index contributed by atoms with van der Waals surface area (Å²) in [4.78, 5) is 77.7. The smallest absolute Gasteiger partial charge is 0.331 e. The Morgan fingerprint density at radius 1 is 0.929 bits per heavy atom. The molecule has 0 aromatic rings. The van der Waals surface area contributed by atoms with Gasteiger partial charge in [0.1, 0.15) is 28.1 Å². The summed E-state index contributed by atoms with van der Waals surface area (Å²) in [5.41, 5.74) is 2.19. The molecule has 14 heteroatoms. The first kappa shape index (κ1) is 35.6. The van der Waals surface area contributed by atoms with Crippen molar-refractivity contribution in [2.75, 3.05) is 6.54 Å². The van der Waals surface area contributed by atoms with Crippen molar-refractivity contribution in [1.82, 2.24) is 20.9 Å². The van der Waals surface area contributed by atoms with Crippen LogP contribution < -0.4 is 21.7 Å². The molecule has 0 bridgehead atoms. The van der Waals surface area contributed by atoms with Crippen LogP contribution in [0.5, 0.6) is 0 Å². The third-order valence-electron chi connectivity index (χ3n) is 7.19. The van der Waals surface area contributed by atoms with Gasteiger partial charge in [-0.05, 0) is 58.8 Å². The second-order valence-electron chi connectivity index (χ2n) is 13.8. The van der Waals surface area contributed by atoms with Gasteiger partial charge in [0.05, 0.1) is 6.04 Å². The molecule has 238 valence electrons. The fourth-order valence-corrected chi connectivity index (χ4v) is 5.26. The predicted octanol–water partition coefficient (Wildman–Crippen LogP) is 2.18. The van der Waals surface area contributed by atoms with Crippen molar-refractivity contribution in [1.29, 1.82) is 0 Å². The SMILES string of the molecule is CC(C)(C)OC(=O)C(C)(C)NC(=O)N[C@H](C(=O)N1CC[C@H](C(Cl)Cl)[C@H]1C(=O)NC(CC1CC1)C(=O)C(N)=O)C(C)(C)C. The molecule has 0 radical (unpaired) electrons. The average molecular weight is 635 g/mol. The number of Topliss-reactive ketones (excluding diaryl/α,β-unsaturated/α-hetero) is 1. The average Bonchev–Trinajstić information content (AvgIpc) is 3.52. The predicted molar refractivity (Wildman–Crippen MR) is 157 cm³/mol. The van der Waals surface area contributed by atoms with Gasteiger partial charge in [0.2, 0.25) is 17.6 Å². The van der Waals surface area contributed by atoms with E-state index in [0.29, 0.717) is 0 Å². The molecule has 1 saturated heterocycles. The number of ether oxygens (including phenoxy) is 1. The fraction of sp³-hybridized carbons (Fsp3) is 0.786. The van der Waals surface area contributed by atoms with Crippen LogP contribution in [0.3, 0.4) is 0 Å². The van der Waals surface area contributed by atoms with E-state index in [1.165, 1.54) is 18.7 Å². The van der Waals surface area contributed by atoms with Crippen LogP contribution in [0.15, 0.2) is 0 Å². The lowest BCUT2D eigenvalue weighted by Gasteiger charge is -2.37. The Hall–Kier alpha value is -2.60. The second kappa shape index (κ2) is 13.4. The first-order chi connectivity index (χ1) is 19.0. The summed E-state index contributed by atoms with van der Waals surface area (Å²) in [6, 6.07) is -4.24. The maximum Gasteiger partial charge on any atom is 0.331 e. The molecule has 12 nitrogen and oxygen atoms in total. The minimum atomic E-state index is -1.42. The minimum Gasteiger partial charge on any atom is -0.458 e. The van der Waals surface area contributed by atoms with Gasteiger partial charge in [0, 0.05) is 12.5 Å². The maximum atomic E-state index is 14.0. The van der Waals surface area contributed by atoms with E-state index in [9.17, 15) is 28.8 Å². The molecule has 0 aromatic heterocycles. The minimum absolute atomic E-state index is 0.105. The number of likely N-dealkylation sites (tertiary alicyclic amines) is 1. The van der Waals surface area contributed by atoms with Crippen LogP contribution >= 0.6 is 23.2 Å². The molecule has 5 amide bonds. The van der Waals surface area contributed by atoms with Crippen molar-refractivity contribution in [3.8, 4) is 0 Å². The standard InChI is InChI=1S/C28H45Cl2N5O7/c1-26(2,3)19(33-25(41)34-28(7,8)24(40)42-27(4,5)6)23(39)35-12-11-15(20(29)30)17(35)22(38)32-16(13-14-9-10-14)18(36)21(31)37/h14-17,19-20H,9-13H2,1-8H3,(H2,31,37)(H,32,38)(H2,33,34,41)/t15-,16?,17-,19+/m0/s1. The van der Waals surface area contributed by atoms with Gasteiger partial charge in [-0.15, -0.1) is 23.2 Å². The molecule has 1 unspecified atom stereocenters. The van der Waals surface area contributed by atoms with Crippen LogP contribution in [0.25, 0.3) is 0 Å². The van der Waals surface area contributed by atoms with Crippen molar-refractivity contribution >= 4 is 58.7 Å². The summed E-state index contributed by atoms with van der Waals surface area (Å²) in [6.45, 7) is 13.4. The van der Waals surface area contributed by atoms with Crippen LogP contribution in [0.2, 0.25) is 0 Å². The van der Waals surface area contributed by atoms with Crippen molar-refractivity contribution in [2.24, 2.45) is 23.0 Å². The molecule has 2 aliphatic rings. The zero-order chi connectivity index (χ0) is 32.4. The van der Waals surface area contributed by atoms with E-state index < -0.39 is 80.9 Å². The van der Waals surface area contributed by atoms with E-state index in [4.69, 9.17) is 33.7 Å². The molecule has 42 heavy (non-hydrogen) atoms. The normalized spacial score (nSPS) is 20.9. The quantitative estimate of drug-likeness (QED) is 0.153. The number of nitrogens with two attached hydrogens (primary N) is 1. The summed E-state index contributed by atoms with van der Waals surface area (Å²) >= 11 is 12.4. The summed E-state index contributed by atoms with van der Waals surface area (Å²) < 4.78 is 5.39. The Labute approximate surface area is 257 Å². The number of nitrogens with zero attached hydrogens (tertiary/aromatic N) is 1. The lowest BCUT2D eigenvalue weighted by molar-refractivity contribution is -0.161. The second-order valence-corrected chi connectivity index (χ2v) is 14.9. The van der Waals surface area contributed by atoms with Crippen molar-refractivity contribution in [3.05, 3.63) is 0 Å². The number of hydrogen-bond donors (Lipinski definition) is 4. The number of urea groups is 1. The molecule has 5 N–H and O–H groups in total. The van der Waals surface area contributed by atoms with E-state index in [1.54, 1.807) is 41.5 Å². The first-order valence-electron chi connectivity index (χ1n) is 14.1. The third kappa shape index (κ3) is 9.72. The molecule has 0 aromatic carbocycles. The van der Waals surface area contributed by atoms with E-state index in [2.05, 4.69) is 16.0 Å². The highest BCUT2D eigenvalue weighted by Gasteiger charge is 2.49. The molecular formula is C28H45Cl2N5O7. The van der Waals surface area contributed by atoms with E-state index in [0.717, 1.165) is 12.8 Å². The number of nitrogens with one attached hydrogen (secondary N) is 3. The monoisotopic (exact) mass is 633 g/mol. The zero-order valence-electron chi connectivity index (χ0n) is 25.6. The summed E-state index contributed by atoms with van der Waals surface area (Å²) in [7, 11) is 0. The fourth-order valence-electron chi connectivity index (χ4n) is 4.73. The number of carbonyl (C=O) groups is 6. The van der Waals surface area contributed by atoms with E-state index >= 15 is 0 Å². The summed E-state index contributed by atoms with van der Waals surface area (Å²) in [6.07, 6.45) is 2.27. The Morgan fingerprint density at radius 3 is 1.95 bits per heavy atom.